The Bertz CT molecular complexity index is 1490. The van der Waals surface area contributed by atoms with Crippen LogP contribution in [0.25, 0.3) is 6.08 Å². The number of carbonyl (C=O) groups is 1. The highest BCUT2D eigenvalue weighted by molar-refractivity contribution is 7.07. The van der Waals surface area contributed by atoms with Gasteiger partial charge in [0.05, 0.1) is 28.5 Å². The zero-order chi connectivity index (χ0) is 26.5. The summed E-state index contributed by atoms with van der Waals surface area (Å²) in [6.45, 7) is 13.5. The molecule has 4 rings (SSSR count). The Balaban J connectivity index is 1.83. The van der Waals surface area contributed by atoms with Gasteiger partial charge in [0.1, 0.15) is 18.1 Å². The van der Waals surface area contributed by atoms with Gasteiger partial charge < -0.3 is 18.8 Å². The number of hydrogen-bond donors (Lipinski definition) is 0. The summed E-state index contributed by atoms with van der Waals surface area (Å²) in [5, 5.41) is 0. The summed E-state index contributed by atoms with van der Waals surface area (Å²) in [6, 6.07) is 10.4. The minimum absolute atomic E-state index is 0.217. The summed E-state index contributed by atoms with van der Waals surface area (Å²) in [7, 11) is 0. The maximum atomic E-state index is 13.7. The predicted molar refractivity (Wildman–Crippen MR) is 145 cm³/mol. The molecule has 0 spiro atoms. The van der Waals surface area contributed by atoms with Crippen LogP contribution < -0.4 is 24.5 Å². The largest absolute Gasteiger partial charge is 0.490 e. The standard InChI is InChI=1S/C28H31N3O5S/c1-6-16-35-20-12-10-19(11-13-20)25-24(27(33)34-9-4)18(5)29-28-31(25)26(32)22(37-28)17-21-14-15-23(36-21)30(7-2)8-3/h6,10-15,17,25H,1,7-9,16H2,2-5H3/b22-17-/t25-/m1/s1. The number of esters is 1. The number of ether oxygens (including phenoxy) is 2. The topological polar surface area (TPSA) is 86.3 Å². The number of hydrogen-bond acceptors (Lipinski definition) is 8. The second-order valence-corrected chi connectivity index (χ2v) is 9.33. The fourth-order valence-corrected chi connectivity index (χ4v) is 5.29. The van der Waals surface area contributed by atoms with Crippen LogP contribution >= 0.6 is 11.3 Å². The number of aromatic nitrogens is 1. The quantitative estimate of drug-likeness (QED) is 0.298. The lowest BCUT2D eigenvalue weighted by Crippen LogP contribution is -2.39. The van der Waals surface area contributed by atoms with Gasteiger partial charge in [-0.25, -0.2) is 9.79 Å². The van der Waals surface area contributed by atoms with E-state index in [-0.39, 0.29) is 12.2 Å². The molecule has 0 radical (unpaired) electrons. The molecule has 37 heavy (non-hydrogen) atoms. The molecule has 3 heterocycles. The van der Waals surface area contributed by atoms with Crippen molar-refractivity contribution < 1.29 is 18.7 Å². The molecule has 2 aromatic heterocycles. The molecule has 0 amide bonds. The van der Waals surface area contributed by atoms with Crippen molar-refractivity contribution in [2.75, 3.05) is 31.2 Å². The van der Waals surface area contributed by atoms with Crippen molar-refractivity contribution in [3.63, 3.8) is 0 Å². The Morgan fingerprint density at radius 3 is 2.57 bits per heavy atom. The van der Waals surface area contributed by atoms with Gasteiger partial charge >= 0.3 is 5.97 Å². The van der Waals surface area contributed by atoms with E-state index in [1.165, 1.54) is 11.3 Å². The van der Waals surface area contributed by atoms with E-state index in [4.69, 9.17) is 13.9 Å². The molecular formula is C28H31N3O5S. The highest BCUT2D eigenvalue weighted by Crippen LogP contribution is 2.31. The van der Waals surface area contributed by atoms with Crippen LogP contribution in [0.5, 0.6) is 5.75 Å². The van der Waals surface area contributed by atoms with Crippen LogP contribution in [0.2, 0.25) is 0 Å². The number of nitrogens with zero attached hydrogens (tertiary/aromatic N) is 3. The Morgan fingerprint density at radius 1 is 1.19 bits per heavy atom. The van der Waals surface area contributed by atoms with Gasteiger partial charge in [0.2, 0.25) is 0 Å². The normalized spacial score (nSPS) is 15.2. The highest BCUT2D eigenvalue weighted by atomic mass is 32.1. The van der Waals surface area contributed by atoms with Crippen LogP contribution in [0.1, 0.15) is 45.1 Å². The molecule has 0 saturated heterocycles. The van der Waals surface area contributed by atoms with Crippen molar-refractivity contribution in [2.45, 2.75) is 33.7 Å². The van der Waals surface area contributed by atoms with E-state index in [9.17, 15) is 9.59 Å². The number of furan rings is 1. The molecule has 9 heteroatoms. The molecule has 0 N–H and O–H groups in total. The first-order valence-electron chi connectivity index (χ1n) is 12.3. The van der Waals surface area contributed by atoms with Crippen LogP contribution in [0.4, 0.5) is 5.88 Å². The summed E-state index contributed by atoms with van der Waals surface area (Å²) in [5.41, 5.74) is 1.35. The third-order valence-electron chi connectivity index (χ3n) is 6.04. The number of fused-ring (bicyclic) bond motifs is 1. The van der Waals surface area contributed by atoms with E-state index in [0.29, 0.717) is 38.7 Å². The van der Waals surface area contributed by atoms with Gasteiger partial charge in [-0.2, -0.15) is 0 Å². The fraction of sp³-hybridized carbons (Fsp3) is 0.321. The monoisotopic (exact) mass is 521 g/mol. The van der Waals surface area contributed by atoms with E-state index >= 15 is 0 Å². The van der Waals surface area contributed by atoms with E-state index in [2.05, 4.69) is 30.3 Å². The SMILES string of the molecule is C=CCOc1ccc([C@@H]2C(C(=O)OCC)=C(C)N=c3s/c(=C\c4ccc(N(CC)CC)o4)c(=O)n32)cc1. The summed E-state index contributed by atoms with van der Waals surface area (Å²) in [6.07, 6.45) is 3.39. The van der Waals surface area contributed by atoms with Gasteiger partial charge in [-0.3, -0.25) is 9.36 Å². The van der Waals surface area contributed by atoms with Crippen LogP contribution in [0, 0.1) is 0 Å². The molecule has 3 aromatic rings. The van der Waals surface area contributed by atoms with Crippen LogP contribution in [0.3, 0.4) is 0 Å². The van der Waals surface area contributed by atoms with Crippen molar-refractivity contribution in [2.24, 2.45) is 4.99 Å². The molecule has 1 aliphatic rings. The molecule has 1 aromatic carbocycles. The lowest BCUT2D eigenvalue weighted by Gasteiger charge is -2.24. The first-order valence-corrected chi connectivity index (χ1v) is 13.1. The predicted octanol–water partition coefficient (Wildman–Crippen LogP) is 3.80. The maximum Gasteiger partial charge on any atom is 0.338 e. The summed E-state index contributed by atoms with van der Waals surface area (Å²) in [4.78, 5) is 34.0. The summed E-state index contributed by atoms with van der Waals surface area (Å²) >= 11 is 1.26. The van der Waals surface area contributed by atoms with Gasteiger partial charge in [0.15, 0.2) is 10.7 Å². The van der Waals surface area contributed by atoms with Gasteiger partial charge in [-0.15, -0.1) is 0 Å². The first kappa shape index (κ1) is 26.2. The third kappa shape index (κ3) is 5.32. The zero-order valence-electron chi connectivity index (χ0n) is 21.5. The minimum Gasteiger partial charge on any atom is -0.490 e. The average Bonchev–Trinajstić information content (AvgIpc) is 3.47. The fourth-order valence-electron chi connectivity index (χ4n) is 4.26. The number of anilines is 1. The number of thiazole rings is 1. The van der Waals surface area contributed by atoms with E-state index < -0.39 is 12.0 Å². The van der Waals surface area contributed by atoms with E-state index in [1.807, 2.05) is 36.4 Å². The van der Waals surface area contributed by atoms with E-state index in [1.54, 1.807) is 30.6 Å². The molecule has 0 fully saturated rings. The lowest BCUT2D eigenvalue weighted by atomic mass is 9.96. The van der Waals surface area contributed by atoms with Crippen LogP contribution in [0.15, 0.2) is 74.5 Å². The van der Waals surface area contributed by atoms with Crippen LogP contribution in [-0.4, -0.2) is 36.8 Å². The van der Waals surface area contributed by atoms with Crippen molar-refractivity contribution >= 4 is 29.3 Å². The Kier molecular flexibility index (Phi) is 8.13. The van der Waals surface area contributed by atoms with Crippen molar-refractivity contribution in [1.29, 1.82) is 0 Å². The molecule has 0 bridgehead atoms. The first-order chi connectivity index (χ1) is 17.9. The van der Waals surface area contributed by atoms with Gasteiger partial charge in [0, 0.05) is 25.2 Å². The molecule has 0 saturated carbocycles. The molecule has 194 valence electrons. The van der Waals surface area contributed by atoms with Crippen molar-refractivity contribution in [3.05, 3.63) is 91.3 Å². The van der Waals surface area contributed by atoms with Crippen molar-refractivity contribution in [1.82, 2.24) is 4.57 Å². The molecule has 1 atom stereocenters. The van der Waals surface area contributed by atoms with Gasteiger partial charge in [-0.05, 0) is 51.5 Å². The number of benzene rings is 1. The molecular weight excluding hydrogens is 490 g/mol. The lowest BCUT2D eigenvalue weighted by molar-refractivity contribution is -0.139. The second-order valence-electron chi connectivity index (χ2n) is 8.32. The average molecular weight is 522 g/mol. The molecule has 0 aliphatic carbocycles. The van der Waals surface area contributed by atoms with Gasteiger partial charge in [0.25, 0.3) is 5.56 Å². The highest BCUT2D eigenvalue weighted by Gasteiger charge is 2.33. The second kappa shape index (κ2) is 11.5. The molecule has 0 unspecified atom stereocenters. The minimum atomic E-state index is -0.686. The smallest absolute Gasteiger partial charge is 0.338 e. The summed E-state index contributed by atoms with van der Waals surface area (Å²) in [5.74, 6) is 1.50. The zero-order valence-corrected chi connectivity index (χ0v) is 22.3. The van der Waals surface area contributed by atoms with Crippen molar-refractivity contribution in [3.8, 4) is 5.75 Å². The Labute approximate surface area is 219 Å². The van der Waals surface area contributed by atoms with E-state index in [0.717, 1.165) is 24.5 Å². The van der Waals surface area contributed by atoms with Gasteiger partial charge in [-0.1, -0.05) is 36.1 Å². The number of carbonyl (C=O) groups excluding carboxylic acids is 1. The maximum absolute atomic E-state index is 13.7. The Morgan fingerprint density at radius 2 is 1.92 bits per heavy atom. The number of rotatable bonds is 10. The number of allylic oxidation sites excluding steroid dienone is 1. The molecule has 1 aliphatic heterocycles. The third-order valence-corrected chi connectivity index (χ3v) is 7.02. The summed E-state index contributed by atoms with van der Waals surface area (Å²) < 4.78 is 19.0. The van der Waals surface area contributed by atoms with Crippen LogP contribution in [-0.2, 0) is 9.53 Å². The molecule has 8 nitrogen and oxygen atoms in total. The Hall–Kier alpha value is -3.85.